The van der Waals surface area contributed by atoms with Crippen LogP contribution >= 0.6 is 11.6 Å². The molecule has 0 aliphatic heterocycles. The fourth-order valence-corrected chi connectivity index (χ4v) is 5.04. The number of pyridine rings is 1. The summed E-state index contributed by atoms with van der Waals surface area (Å²) in [6, 6.07) is 27.8. The van der Waals surface area contributed by atoms with Gasteiger partial charge in [0.1, 0.15) is 11.4 Å². The summed E-state index contributed by atoms with van der Waals surface area (Å²) >= 11 is 6.20. The highest BCUT2D eigenvalue weighted by Crippen LogP contribution is 2.31. The number of nitrogens with zero attached hydrogens (tertiary/aromatic N) is 2. The average Bonchev–Trinajstić information content (AvgIpc) is 3.30. The van der Waals surface area contributed by atoms with Gasteiger partial charge in [0, 0.05) is 23.2 Å². The fraction of sp³-hybridized carbons (Fsp3) is 0.188. The van der Waals surface area contributed by atoms with Crippen molar-refractivity contribution in [2.75, 3.05) is 7.11 Å². The molecule has 2 aromatic heterocycles. The van der Waals surface area contributed by atoms with Gasteiger partial charge in [0.15, 0.2) is 0 Å². The average molecular weight is 524 g/mol. The van der Waals surface area contributed by atoms with E-state index in [1.54, 1.807) is 7.11 Å². The van der Waals surface area contributed by atoms with E-state index in [-0.39, 0.29) is 11.9 Å². The van der Waals surface area contributed by atoms with Crippen molar-refractivity contribution in [2.45, 2.75) is 32.7 Å². The Balaban J connectivity index is 1.51. The van der Waals surface area contributed by atoms with E-state index in [9.17, 15) is 4.79 Å². The Morgan fingerprint density at radius 2 is 1.82 bits per heavy atom. The smallest absolute Gasteiger partial charge is 0.220 e. The second-order valence-corrected chi connectivity index (χ2v) is 9.88. The van der Waals surface area contributed by atoms with Gasteiger partial charge in [-0.05, 0) is 78.9 Å². The van der Waals surface area contributed by atoms with Crippen LogP contribution in [0.3, 0.4) is 0 Å². The van der Waals surface area contributed by atoms with E-state index in [4.69, 9.17) is 21.3 Å². The zero-order chi connectivity index (χ0) is 26.6. The molecule has 0 unspecified atom stereocenters. The van der Waals surface area contributed by atoms with Crippen LogP contribution in [0.5, 0.6) is 5.75 Å². The molecule has 5 nitrogen and oxygen atoms in total. The van der Waals surface area contributed by atoms with Gasteiger partial charge in [-0.1, -0.05) is 60.1 Å². The lowest BCUT2D eigenvalue weighted by molar-refractivity contribution is -0.121. The minimum Gasteiger partial charge on any atom is -0.497 e. The standard InChI is InChI=1S/C32H30ClN3O2/c1-21-18-26(33)13-14-28(21)25-12-16-30-35-32(24-10-7-11-27(19-24)38-3)29(36(30)20-25)15-17-31(37)34-22(2)23-8-5-4-6-9-23/h4-14,16,18-20,22H,15,17H2,1-3H3,(H,34,37)/t22-/m0/s1. The number of nitrogens with one attached hydrogen (secondary N) is 1. The quantitative estimate of drug-likeness (QED) is 0.230. The number of hydrogen-bond acceptors (Lipinski definition) is 3. The number of aryl methyl sites for hydroxylation is 2. The maximum atomic E-state index is 13.0. The van der Waals surface area contributed by atoms with Crippen LogP contribution in [-0.2, 0) is 11.2 Å². The molecule has 0 aliphatic carbocycles. The normalized spacial score (nSPS) is 11.9. The van der Waals surface area contributed by atoms with Gasteiger partial charge < -0.3 is 14.5 Å². The molecular weight excluding hydrogens is 494 g/mol. The molecule has 6 heteroatoms. The Labute approximate surface area is 228 Å². The molecule has 1 atom stereocenters. The number of carbonyl (C=O) groups excluding carboxylic acids is 1. The number of halogens is 1. The molecule has 0 spiro atoms. The highest BCUT2D eigenvalue weighted by Gasteiger charge is 2.18. The third kappa shape index (κ3) is 5.43. The minimum absolute atomic E-state index is 0.00223. The predicted molar refractivity (Wildman–Crippen MR) is 154 cm³/mol. The van der Waals surface area contributed by atoms with Crippen LogP contribution in [0.4, 0.5) is 0 Å². The number of amides is 1. The number of ether oxygens (including phenoxy) is 1. The van der Waals surface area contributed by atoms with E-state index in [1.807, 2.05) is 85.8 Å². The predicted octanol–water partition coefficient (Wildman–Crippen LogP) is 7.45. The Morgan fingerprint density at radius 1 is 1.00 bits per heavy atom. The van der Waals surface area contributed by atoms with Crippen LogP contribution in [0.25, 0.3) is 28.0 Å². The highest BCUT2D eigenvalue weighted by atomic mass is 35.5. The SMILES string of the molecule is COc1cccc(-c2nc3ccc(-c4ccc(Cl)cc4C)cn3c2CCC(=O)N[C@@H](C)c2ccccc2)c1. The third-order valence-corrected chi connectivity index (χ3v) is 7.06. The molecule has 3 aromatic carbocycles. The van der Waals surface area contributed by atoms with Crippen molar-refractivity contribution >= 4 is 23.2 Å². The van der Waals surface area contributed by atoms with Crippen molar-refractivity contribution in [3.05, 3.63) is 113 Å². The van der Waals surface area contributed by atoms with Crippen LogP contribution in [0.15, 0.2) is 91.1 Å². The third-order valence-electron chi connectivity index (χ3n) is 6.83. The number of aromatic nitrogens is 2. The van der Waals surface area contributed by atoms with Gasteiger partial charge >= 0.3 is 0 Å². The molecule has 1 amide bonds. The molecule has 0 radical (unpaired) electrons. The van der Waals surface area contributed by atoms with Gasteiger partial charge in [-0.2, -0.15) is 0 Å². The second kappa shape index (κ2) is 11.1. The maximum Gasteiger partial charge on any atom is 0.220 e. The number of methoxy groups -OCH3 is 1. The van der Waals surface area contributed by atoms with Crippen LogP contribution < -0.4 is 10.1 Å². The first-order valence-electron chi connectivity index (χ1n) is 12.7. The highest BCUT2D eigenvalue weighted by molar-refractivity contribution is 6.30. The van der Waals surface area contributed by atoms with E-state index in [2.05, 4.69) is 28.9 Å². The summed E-state index contributed by atoms with van der Waals surface area (Å²) < 4.78 is 7.57. The summed E-state index contributed by atoms with van der Waals surface area (Å²) in [5.74, 6) is 0.759. The second-order valence-electron chi connectivity index (χ2n) is 9.44. The molecule has 0 fully saturated rings. The first-order chi connectivity index (χ1) is 18.4. The zero-order valence-electron chi connectivity index (χ0n) is 21.7. The van der Waals surface area contributed by atoms with Crippen LogP contribution in [0.2, 0.25) is 5.02 Å². The van der Waals surface area contributed by atoms with Gasteiger partial charge in [0.25, 0.3) is 0 Å². The van der Waals surface area contributed by atoms with Crippen molar-refractivity contribution in [1.82, 2.24) is 14.7 Å². The summed E-state index contributed by atoms with van der Waals surface area (Å²) in [5.41, 5.74) is 7.94. The molecule has 5 rings (SSSR count). The van der Waals surface area contributed by atoms with E-state index in [0.29, 0.717) is 17.9 Å². The van der Waals surface area contributed by atoms with Crippen molar-refractivity contribution in [1.29, 1.82) is 0 Å². The molecule has 38 heavy (non-hydrogen) atoms. The fourth-order valence-electron chi connectivity index (χ4n) is 4.81. The number of fused-ring (bicyclic) bond motifs is 1. The molecule has 192 valence electrons. The summed E-state index contributed by atoms with van der Waals surface area (Å²) in [7, 11) is 1.66. The van der Waals surface area contributed by atoms with Gasteiger partial charge in [-0.15, -0.1) is 0 Å². The summed E-state index contributed by atoms with van der Waals surface area (Å²) in [5, 5.41) is 3.85. The summed E-state index contributed by atoms with van der Waals surface area (Å²) in [6.45, 7) is 4.06. The Kier molecular flexibility index (Phi) is 7.47. The van der Waals surface area contributed by atoms with Gasteiger partial charge in [-0.3, -0.25) is 4.79 Å². The maximum absolute atomic E-state index is 13.0. The largest absolute Gasteiger partial charge is 0.497 e. The van der Waals surface area contributed by atoms with Crippen LogP contribution in [-0.4, -0.2) is 22.4 Å². The zero-order valence-corrected chi connectivity index (χ0v) is 22.5. The first-order valence-corrected chi connectivity index (χ1v) is 13.1. The molecule has 1 N–H and O–H groups in total. The summed E-state index contributed by atoms with van der Waals surface area (Å²) in [4.78, 5) is 18.0. The van der Waals surface area contributed by atoms with Crippen molar-refractivity contribution in [3.8, 4) is 28.1 Å². The van der Waals surface area contributed by atoms with Gasteiger partial charge in [-0.25, -0.2) is 4.98 Å². The summed E-state index contributed by atoms with van der Waals surface area (Å²) in [6.07, 6.45) is 2.97. The number of benzene rings is 3. The van der Waals surface area contributed by atoms with Crippen molar-refractivity contribution < 1.29 is 9.53 Å². The van der Waals surface area contributed by atoms with E-state index in [1.165, 1.54) is 0 Å². The Bertz CT molecular complexity index is 1590. The van der Waals surface area contributed by atoms with E-state index in [0.717, 1.165) is 50.6 Å². The van der Waals surface area contributed by atoms with Crippen molar-refractivity contribution in [3.63, 3.8) is 0 Å². The van der Waals surface area contributed by atoms with Gasteiger partial charge in [0.2, 0.25) is 5.91 Å². The molecule has 0 bridgehead atoms. The van der Waals surface area contributed by atoms with Crippen molar-refractivity contribution in [2.24, 2.45) is 0 Å². The number of hydrogen-bond donors (Lipinski definition) is 1. The van der Waals surface area contributed by atoms with Crippen LogP contribution in [0, 0.1) is 6.92 Å². The van der Waals surface area contributed by atoms with Gasteiger partial charge in [0.05, 0.1) is 24.5 Å². The number of carbonyl (C=O) groups is 1. The van der Waals surface area contributed by atoms with E-state index >= 15 is 0 Å². The molecule has 2 heterocycles. The molecule has 0 saturated carbocycles. The first kappa shape index (κ1) is 25.6. The minimum atomic E-state index is -0.0665. The monoisotopic (exact) mass is 523 g/mol. The molecule has 5 aromatic rings. The lowest BCUT2D eigenvalue weighted by atomic mass is 10.0. The lowest BCUT2D eigenvalue weighted by Crippen LogP contribution is -2.26. The Hall–Kier alpha value is -4.09. The molecule has 0 aliphatic rings. The molecular formula is C32H30ClN3O2. The van der Waals surface area contributed by atoms with Crippen LogP contribution in [0.1, 0.15) is 36.2 Å². The Morgan fingerprint density at radius 3 is 2.58 bits per heavy atom. The topological polar surface area (TPSA) is 55.6 Å². The number of imidazole rings is 1. The molecule has 0 saturated heterocycles. The van der Waals surface area contributed by atoms with E-state index < -0.39 is 0 Å². The number of rotatable bonds is 8. The lowest BCUT2D eigenvalue weighted by Gasteiger charge is -2.14.